The highest BCUT2D eigenvalue weighted by Crippen LogP contribution is 2.37. The summed E-state index contributed by atoms with van der Waals surface area (Å²) in [4.78, 5) is 44.3. The maximum Gasteiger partial charge on any atom is 0.258 e. The minimum absolute atomic E-state index is 0.0286. The average Bonchev–Trinajstić information content (AvgIpc) is 3.23. The van der Waals surface area contributed by atoms with E-state index in [9.17, 15) is 14.4 Å². The van der Waals surface area contributed by atoms with Crippen LogP contribution in [0, 0.1) is 6.92 Å². The Balaban J connectivity index is 1.37. The lowest BCUT2D eigenvalue weighted by Crippen LogP contribution is -2.51. The molecule has 6 nitrogen and oxygen atoms in total. The average molecular weight is 548 g/mol. The molecule has 210 valence electrons. The van der Waals surface area contributed by atoms with Gasteiger partial charge in [0.1, 0.15) is 6.04 Å². The van der Waals surface area contributed by atoms with Gasteiger partial charge in [0.25, 0.3) is 5.91 Å². The Morgan fingerprint density at radius 3 is 2.32 bits per heavy atom. The molecular weight excluding hydrogens is 510 g/mol. The van der Waals surface area contributed by atoms with E-state index in [0.29, 0.717) is 31.5 Å². The van der Waals surface area contributed by atoms with Crippen LogP contribution < -0.4 is 10.2 Å². The number of benzene rings is 4. The van der Waals surface area contributed by atoms with Gasteiger partial charge in [0, 0.05) is 42.9 Å². The van der Waals surface area contributed by atoms with E-state index in [2.05, 4.69) is 11.4 Å². The third kappa shape index (κ3) is 6.32. The van der Waals surface area contributed by atoms with Gasteiger partial charge >= 0.3 is 0 Å². The van der Waals surface area contributed by atoms with E-state index in [4.69, 9.17) is 0 Å². The summed E-state index contributed by atoms with van der Waals surface area (Å²) in [6, 6.07) is 28.9. The van der Waals surface area contributed by atoms with E-state index in [1.165, 1.54) is 0 Å². The normalized spacial score (nSPS) is 13.1. The van der Waals surface area contributed by atoms with Crippen LogP contribution in [0.4, 0.5) is 5.69 Å². The van der Waals surface area contributed by atoms with E-state index >= 15 is 0 Å². The minimum Gasteiger partial charge on any atom is -0.352 e. The summed E-state index contributed by atoms with van der Waals surface area (Å²) in [5, 5.41) is 5.05. The van der Waals surface area contributed by atoms with Gasteiger partial charge in [0.2, 0.25) is 11.8 Å². The zero-order valence-electron chi connectivity index (χ0n) is 24.0. The van der Waals surface area contributed by atoms with Gasteiger partial charge in [-0.25, -0.2) is 0 Å². The van der Waals surface area contributed by atoms with Crippen molar-refractivity contribution in [3.05, 3.63) is 113 Å². The summed E-state index contributed by atoms with van der Waals surface area (Å²) in [6.07, 6.45) is 1.13. The molecule has 0 aliphatic carbocycles. The van der Waals surface area contributed by atoms with Gasteiger partial charge in [-0.1, -0.05) is 84.4 Å². The molecule has 4 aromatic carbocycles. The molecule has 1 aliphatic rings. The SMILES string of the molecule is Cc1cccc(CN(C(=O)CCCN2C(=O)c3cccc4cccc2c34)[C@@H](Cc2ccccc2)C(=O)NC(C)C)c1. The molecule has 0 aromatic heterocycles. The van der Waals surface area contributed by atoms with Crippen molar-refractivity contribution in [1.29, 1.82) is 0 Å². The number of aryl methyl sites for hydroxylation is 1. The van der Waals surface area contributed by atoms with Crippen molar-refractivity contribution in [1.82, 2.24) is 10.2 Å². The Bertz CT molecular complexity index is 1560. The van der Waals surface area contributed by atoms with Gasteiger partial charge in [-0.05, 0) is 55.8 Å². The highest BCUT2D eigenvalue weighted by molar-refractivity contribution is 6.25. The van der Waals surface area contributed by atoms with Crippen molar-refractivity contribution < 1.29 is 14.4 Å². The Labute approximate surface area is 242 Å². The van der Waals surface area contributed by atoms with E-state index in [0.717, 1.165) is 33.2 Å². The lowest BCUT2D eigenvalue weighted by molar-refractivity contribution is -0.141. The molecule has 3 amide bonds. The molecule has 5 rings (SSSR count). The van der Waals surface area contributed by atoms with Gasteiger partial charge in [-0.2, -0.15) is 0 Å². The van der Waals surface area contributed by atoms with Gasteiger partial charge in [0.15, 0.2) is 0 Å². The molecule has 0 fully saturated rings. The standard InChI is InChI=1S/C35H37N3O3/c1-24(2)36-34(40)31(22-26-12-5-4-6-13-26)38(23-27-14-7-11-25(3)21-27)32(39)19-10-20-37-30-18-9-16-28-15-8-17-29(33(28)30)35(37)41/h4-9,11-18,21,24,31H,10,19-20,22-23H2,1-3H3,(H,36,40)/t31-/m0/s1. The molecule has 6 heteroatoms. The molecule has 41 heavy (non-hydrogen) atoms. The fourth-order valence-corrected chi connectivity index (χ4v) is 5.68. The fourth-order valence-electron chi connectivity index (χ4n) is 5.68. The van der Waals surface area contributed by atoms with Crippen molar-refractivity contribution in [2.75, 3.05) is 11.4 Å². The molecule has 0 bridgehead atoms. The quantitative estimate of drug-likeness (QED) is 0.248. The van der Waals surface area contributed by atoms with E-state index in [-0.39, 0.29) is 30.2 Å². The van der Waals surface area contributed by atoms with Crippen LogP contribution in [0.15, 0.2) is 91.0 Å². The highest BCUT2D eigenvalue weighted by atomic mass is 16.2. The second-order valence-corrected chi connectivity index (χ2v) is 11.1. The number of hydrogen-bond acceptors (Lipinski definition) is 3. The highest BCUT2D eigenvalue weighted by Gasteiger charge is 2.32. The number of anilines is 1. The number of carbonyl (C=O) groups is 3. The second kappa shape index (κ2) is 12.4. The van der Waals surface area contributed by atoms with Crippen molar-refractivity contribution in [2.24, 2.45) is 0 Å². The lowest BCUT2D eigenvalue weighted by Gasteiger charge is -2.32. The van der Waals surface area contributed by atoms with E-state index < -0.39 is 6.04 Å². The summed E-state index contributed by atoms with van der Waals surface area (Å²) in [5.41, 5.74) is 4.67. The number of nitrogens with one attached hydrogen (secondary N) is 1. The first-order valence-electron chi connectivity index (χ1n) is 14.3. The van der Waals surface area contributed by atoms with Gasteiger partial charge < -0.3 is 15.1 Å². The monoisotopic (exact) mass is 547 g/mol. The molecule has 4 aromatic rings. The first-order valence-corrected chi connectivity index (χ1v) is 14.3. The van der Waals surface area contributed by atoms with Crippen molar-refractivity contribution in [3.63, 3.8) is 0 Å². The van der Waals surface area contributed by atoms with Crippen LogP contribution in [-0.4, -0.2) is 41.2 Å². The molecule has 0 radical (unpaired) electrons. The topological polar surface area (TPSA) is 69.7 Å². The maximum atomic E-state index is 14.0. The van der Waals surface area contributed by atoms with Crippen molar-refractivity contribution in [2.45, 2.75) is 58.7 Å². The van der Waals surface area contributed by atoms with Crippen LogP contribution in [0.2, 0.25) is 0 Å². The van der Waals surface area contributed by atoms with Crippen molar-refractivity contribution >= 4 is 34.2 Å². The van der Waals surface area contributed by atoms with E-state index in [1.54, 1.807) is 9.80 Å². The molecule has 1 heterocycles. The third-order valence-corrected chi connectivity index (χ3v) is 7.56. The maximum absolute atomic E-state index is 14.0. The van der Waals surface area contributed by atoms with E-state index in [1.807, 2.05) is 106 Å². The number of carbonyl (C=O) groups excluding carboxylic acids is 3. The Morgan fingerprint density at radius 2 is 1.59 bits per heavy atom. The molecule has 1 aliphatic heterocycles. The zero-order chi connectivity index (χ0) is 28.9. The summed E-state index contributed by atoms with van der Waals surface area (Å²) < 4.78 is 0. The van der Waals surface area contributed by atoms with Crippen LogP contribution in [0.1, 0.15) is 53.7 Å². The molecule has 1 N–H and O–H groups in total. The molecule has 0 spiro atoms. The summed E-state index contributed by atoms with van der Waals surface area (Å²) in [7, 11) is 0. The Morgan fingerprint density at radius 1 is 0.878 bits per heavy atom. The summed E-state index contributed by atoms with van der Waals surface area (Å²) >= 11 is 0. The van der Waals surface area contributed by atoms with Crippen LogP contribution in [0.3, 0.4) is 0 Å². The second-order valence-electron chi connectivity index (χ2n) is 11.1. The third-order valence-electron chi connectivity index (χ3n) is 7.56. The van der Waals surface area contributed by atoms with Crippen LogP contribution >= 0.6 is 0 Å². The van der Waals surface area contributed by atoms with Crippen molar-refractivity contribution in [3.8, 4) is 0 Å². The largest absolute Gasteiger partial charge is 0.352 e. The smallest absolute Gasteiger partial charge is 0.258 e. The summed E-state index contributed by atoms with van der Waals surface area (Å²) in [6.45, 7) is 6.63. The van der Waals surface area contributed by atoms with Gasteiger partial charge in [-0.3, -0.25) is 14.4 Å². The number of amides is 3. The van der Waals surface area contributed by atoms with Crippen LogP contribution in [0.5, 0.6) is 0 Å². The summed E-state index contributed by atoms with van der Waals surface area (Å²) in [5.74, 6) is -0.297. The molecule has 0 unspecified atom stereocenters. The molecule has 0 saturated heterocycles. The number of nitrogens with zero attached hydrogens (tertiary/aromatic N) is 2. The fraction of sp³-hybridized carbons (Fsp3) is 0.286. The number of rotatable bonds is 11. The van der Waals surface area contributed by atoms with Crippen LogP contribution in [-0.2, 0) is 22.6 Å². The zero-order valence-corrected chi connectivity index (χ0v) is 24.0. The molecule has 0 saturated carbocycles. The van der Waals surface area contributed by atoms with Gasteiger partial charge in [-0.15, -0.1) is 0 Å². The molecule has 1 atom stereocenters. The Hall–Kier alpha value is -4.45. The predicted molar refractivity (Wildman–Crippen MR) is 164 cm³/mol. The first-order chi connectivity index (χ1) is 19.8. The minimum atomic E-state index is -0.667. The lowest BCUT2D eigenvalue weighted by atomic mass is 10.0. The van der Waals surface area contributed by atoms with Crippen LogP contribution in [0.25, 0.3) is 10.8 Å². The Kier molecular flexibility index (Phi) is 8.48. The number of hydrogen-bond donors (Lipinski definition) is 1. The molecular formula is C35H37N3O3. The first kappa shape index (κ1) is 28.1. The predicted octanol–water partition coefficient (Wildman–Crippen LogP) is 6.05. The van der Waals surface area contributed by atoms with Gasteiger partial charge in [0.05, 0.1) is 5.69 Å².